The molecule has 15 heavy (non-hydrogen) atoms. The maximum absolute atomic E-state index is 5.83. The number of aromatic nitrogens is 2. The SMILES string of the molecule is CC.Clc1nc(C2CC2)c2sccc2n1. The Morgan fingerprint density at radius 2 is 2.07 bits per heavy atom. The van der Waals surface area contributed by atoms with Gasteiger partial charge in [-0.2, -0.15) is 0 Å². The predicted molar refractivity (Wildman–Crippen MR) is 65.7 cm³/mol. The number of fused-ring (bicyclic) bond motifs is 1. The minimum atomic E-state index is 0.382. The van der Waals surface area contributed by atoms with Crippen LogP contribution in [0.25, 0.3) is 10.2 Å². The Hall–Kier alpha value is -0.670. The minimum absolute atomic E-state index is 0.382. The molecular weight excluding hydrogens is 228 g/mol. The first-order valence-electron chi connectivity index (χ1n) is 5.25. The molecule has 0 amide bonds. The molecule has 0 aliphatic heterocycles. The fourth-order valence-electron chi connectivity index (χ4n) is 1.49. The van der Waals surface area contributed by atoms with Gasteiger partial charge in [-0.15, -0.1) is 11.3 Å². The third kappa shape index (κ3) is 2.13. The van der Waals surface area contributed by atoms with Crippen LogP contribution >= 0.6 is 22.9 Å². The lowest BCUT2D eigenvalue weighted by Gasteiger charge is -1.98. The zero-order valence-corrected chi connectivity index (χ0v) is 10.4. The van der Waals surface area contributed by atoms with Crippen LogP contribution in [0.4, 0.5) is 0 Å². The predicted octanol–water partition coefficient (Wildman–Crippen LogP) is 4.25. The van der Waals surface area contributed by atoms with Crippen molar-refractivity contribution >= 4 is 33.2 Å². The lowest BCUT2D eigenvalue weighted by atomic mass is 10.2. The van der Waals surface area contributed by atoms with E-state index in [1.807, 2.05) is 25.3 Å². The van der Waals surface area contributed by atoms with Crippen LogP contribution in [0.5, 0.6) is 0 Å². The second-order valence-corrected chi connectivity index (χ2v) is 4.54. The molecule has 2 aromatic rings. The maximum Gasteiger partial charge on any atom is 0.223 e. The number of rotatable bonds is 1. The Balaban J connectivity index is 0.000000404. The largest absolute Gasteiger partial charge is 0.223 e. The molecule has 0 N–H and O–H groups in total. The quantitative estimate of drug-likeness (QED) is 0.697. The zero-order valence-electron chi connectivity index (χ0n) is 8.83. The molecular formula is C11H13ClN2S. The number of hydrogen-bond donors (Lipinski definition) is 0. The Kier molecular flexibility index (Phi) is 3.22. The molecule has 0 atom stereocenters. The fourth-order valence-corrected chi connectivity index (χ4v) is 2.57. The van der Waals surface area contributed by atoms with Crippen molar-refractivity contribution in [3.8, 4) is 0 Å². The van der Waals surface area contributed by atoms with Crippen molar-refractivity contribution in [1.82, 2.24) is 9.97 Å². The summed E-state index contributed by atoms with van der Waals surface area (Å²) < 4.78 is 1.21. The molecule has 1 aliphatic carbocycles. The molecule has 1 saturated carbocycles. The van der Waals surface area contributed by atoms with E-state index in [1.165, 1.54) is 17.5 Å². The van der Waals surface area contributed by atoms with Gasteiger partial charge in [0, 0.05) is 5.92 Å². The highest BCUT2D eigenvalue weighted by molar-refractivity contribution is 7.17. The van der Waals surface area contributed by atoms with Crippen molar-refractivity contribution in [2.24, 2.45) is 0 Å². The van der Waals surface area contributed by atoms with Gasteiger partial charge in [0.2, 0.25) is 5.28 Å². The van der Waals surface area contributed by atoms with E-state index in [9.17, 15) is 0 Å². The molecule has 4 heteroatoms. The van der Waals surface area contributed by atoms with Crippen LogP contribution in [-0.4, -0.2) is 9.97 Å². The van der Waals surface area contributed by atoms with Gasteiger partial charge >= 0.3 is 0 Å². The normalized spacial score (nSPS) is 14.9. The topological polar surface area (TPSA) is 25.8 Å². The van der Waals surface area contributed by atoms with Gasteiger partial charge < -0.3 is 0 Å². The summed E-state index contributed by atoms with van der Waals surface area (Å²) in [7, 11) is 0. The highest BCUT2D eigenvalue weighted by Gasteiger charge is 2.28. The molecule has 1 aliphatic rings. The van der Waals surface area contributed by atoms with Gasteiger partial charge in [-0.3, -0.25) is 0 Å². The van der Waals surface area contributed by atoms with Crippen molar-refractivity contribution in [3.63, 3.8) is 0 Å². The second kappa shape index (κ2) is 4.45. The summed E-state index contributed by atoms with van der Waals surface area (Å²) in [5.74, 6) is 0.640. The molecule has 0 aromatic carbocycles. The fraction of sp³-hybridized carbons (Fsp3) is 0.455. The van der Waals surface area contributed by atoms with Gasteiger partial charge in [-0.1, -0.05) is 13.8 Å². The minimum Gasteiger partial charge on any atom is -0.221 e. The average molecular weight is 241 g/mol. The van der Waals surface area contributed by atoms with Crippen molar-refractivity contribution in [1.29, 1.82) is 0 Å². The van der Waals surface area contributed by atoms with Crippen LogP contribution in [0, 0.1) is 0 Å². The molecule has 80 valence electrons. The van der Waals surface area contributed by atoms with Gasteiger partial charge in [-0.25, -0.2) is 9.97 Å². The summed E-state index contributed by atoms with van der Waals surface area (Å²) in [6.07, 6.45) is 2.50. The summed E-state index contributed by atoms with van der Waals surface area (Å²) >= 11 is 7.54. The van der Waals surface area contributed by atoms with E-state index >= 15 is 0 Å². The summed E-state index contributed by atoms with van der Waals surface area (Å²) in [4.78, 5) is 8.47. The number of hydrogen-bond acceptors (Lipinski definition) is 3. The van der Waals surface area contributed by atoms with Crippen LogP contribution in [0.3, 0.4) is 0 Å². The highest BCUT2D eigenvalue weighted by atomic mass is 35.5. The van der Waals surface area contributed by atoms with E-state index < -0.39 is 0 Å². The van der Waals surface area contributed by atoms with Gasteiger partial charge in [0.15, 0.2) is 0 Å². The van der Waals surface area contributed by atoms with Crippen LogP contribution in [0.1, 0.15) is 38.3 Å². The Bertz CT molecular complexity index is 463. The standard InChI is InChI=1S/C9H7ClN2S.C2H6/c10-9-11-6-3-4-13-8(6)7(12-9)5-1-2-5;1-2/h3-5H,1-2H2;1-2H3. The summed E-state index contributed by atoms with van der Waals surface area (Å²) in [6, 6.07) is 2.00. The highest BCUT2D eigenvalue weighted by Crippen LogP contribution is 2.43. The van der Waals surface area contributed by atoms with E-state index in [0.717, 1.165) is 11.2 Å². The first-order chi connectivity index (χ1) is 7.34. The van der Waals surface area contributed by atoms with E-state index in [1.54, 1.807) is 11.3 Å². The first kappa shape index (κ1) is 10.8. The van der Waals surface area contributed by atoms with Crippen LogP contribution in [-0.2, 0) is 0 Å². The lowest BCUT2D eigenvalue weighted by Crippen LogP contribution is -1.90. The third-order valence-electron chi connectivity index (χ3n) is 2.27. The average Bonchev–Trinajstić information content (AvgIpc) is 2.99. The molecule has 0 unspecified atom stereocenters. The molecule has 2 heterocycles. The molecule has 2 aromatic heterocycles. The number of thiophene rings is 1. The van der Waals surface area contributed by atoms with Gasteiger partial charge in [-0.05, 0) is 35.9 Å². The lowest BCUT2D eigenvalue weighted by molar-refractivity contribution is 1.02. The van der Waals surface area contributed by atoms with E-state index in [-0.39, 0.29) is 0 Å². The third-order valence-corrected chi connectivity index (χ3v) is 3.36. The van der Waals surface area contributed by atoms with Gasteiger partial charge in [0.25, 0.3) is 0 Å². The Morgan fingerprint density at radius 1 is 1.33 bits per heavy atom. The van der Waals surface area contributed by atoms with Crippen molar-refractivity contribution in [3.05, 3.63) is 22.4 Å². The summed E-state index contributed by atoms with van der Waals surface area (Å²) in [6.45, 7) is 4.00. The second-order valence-electron chi connectivity index (χ2n) is 3.29. The van der Waals surface area contributed by atoms with Gasteiger partial charge in [0.1, 0.15) is 0 Å². The van der Waals surface area contributed by atoms with Crippen LogP contribution < -0.4 is 0 Å². The zero-order chi connectivity index (χ0) is 10.8. The smallest absolute Gasteiger partial charge is 0.221 e. The van der Waals surface area contributed by atoms with Crippen LogP contribution in [0.15, 0.2) is 11.4 Å². The molecule has 0 bridgehead atoms. The molecule has 3 rings (SSSR count). The molecule has 0 spiro atoms. The van der Waals surface area contributed by atoms with Crippen LogP contribution in [0.2, 0.25) is 5.28 Å². The maximum atomic E-state index is 5.83. The van der Waals surface area contributed by atoms with E-state index in [4.69, 9.17) is 11.6 Å². The molecule has 0 radical (unpaired) electrons. The summed E-state index contributed by atoms with van der Waals surface area (Å²) in [5.41, 5.74) is 2.15. The van der Waals surface area contributed by atoms with Crippen molar-refractivity contribution in [2.75, 3.05) is 0 Å². The van der Waals surface area contributed by atoms with Crippen molar-refractivity contribution < 1.29 is 0 Å². The summed E-state index contributed by atoms with van der Waals surface area (Å²) in [5, 5.41) is 2.43. The Labute approximate surface area is 98.3 Å². The number of halogens is 1. The van der Waals surface area contributed by atoms with Crippen molar-refractivity contribution in [2.45, 2.75) is 32.6 Å². The Morgan fingerprint density at radius 3 is 2.73 bits per heavy atom. The first-order valence-corrected chi connectivity index (χ1v) is 6.51. The molecule has 1 fully saturated rings. The van der Waals surface area contributed by atoms with E-state index in [0.29, 0.717) is 11.2 Å². The van der Waals surface area contributed by atoms with E-state index in [2.05, 4.69) is 9.97 Å². The molecule has 0 saturated heterocycles. The molecule has 2 nitrogen and oxygen atoms in total. The number of nitrogens with zero attached hydrogens (tertiary/aromatic N) is 2. The monoisotopic (exact) mass is 240 g/mol. The van der Waals surface area contributed by atoms with Gasteiger partial charge in [0.05, 0.1) is 15.9 Å².